The van der Waals surface area contributed by atoms with E-state index >= 15 is 0 Å². The molecule has 0 bridgehead atoms. The molecule has 2 heterocycles. The predicted octanol–water partition coefficient (Wildman–Crippen LogP) is 3.04. The molecular weight excluding hydrogens is 222 g/mol. The molecule has 0 atom stereocenters. The van der Waals surface area contributed by atoms with Crippen molar-refractivity contribution >= 4 is 10.9 Å². The number of benzene rings is 1. The van der Waals surface area contributed by atoms with Gasteiger partial charge in [-0.2, -0.15) is 5.10 Å². The smallest absolute Gasteiger partial charge is 0.0702 e. The van der Waals surface area contributed by atoms with Crippen LogP contribution in [0.5, 0.6) is 0 Å². The van der Waals surface area contributed by atoms with E-state index in [2.05, 4.69) is 35.3 Å². The van der Waals surface area contributed by atoms with Gasteiger partial charge in [-0.05, 0) is 30.2 Å². The molecule has 0 aliphatic carbocycles. The third-order valence-electron chi connectivity index (χ3n) is 3.07. The zero-order chi connectivity index (χ0) is 12.4. The van der Waals surface area contributed by atoms with E-state index in [0.29, 0.717) is 0 Å². The molecule has 0 spiro atoms. The first-order valence-corrected chi connectivity index (χ1v) is 6.20. The van der Waals surface area contributed by atoms with Crippen LogP contribution in [-0.2, 0) is 13.0 Å². The van der Waals surface area contributed by atoms with Crippen LogP contribution in [0.2, 0.25) is 0 Å². The molecule has 0 saturated carbocycles. The zero-order valence-electron chi connectivity index (χ0n) is 10.4. The summed E-state index contributed by atoms with van der Waals surface area (Å²) in [4.78, 5) is 4.48. The molecule has 90 valence electrons. The molecule has 0 aliphatic heterocycles. The van der Waals surface area contributed by atoms with Crippen LogP contribution in [0.25, 0.3) is 10.9 Å². The van der Waals surface area contributed by atoms with E-state index < -0.39 is 0 Å². The highest BCUT2D eigenvalue weighted by Crippen LogP contribution is 2.15. The van der Waals surface area contributed by atoms with Gasteiger partial charge in [-0.1, -0.05) is 18.2 Å². The summed E-state index contributed by atoms with van der Waals surface area (Å²) in [6, 6.07) is 10.4. The zero-order valence-corrected chi connectivity index (χ0v) is 10.4. The highest BCUT2D eigenvalue weighted by atomic mass is 15.3. The molecule has 18 heavy (non-hydrogen) atoms. The average Bonchev–Trinajstić information content (AvgIpc) is 2.86. The summed E-state index contributed by atoms with van der Waals surface area (Å²) in [6.45, 7) is 3.00. The van der Waals surface area contributed by atoms with Crippen LogP contribution in [0.3, 0.4) is 0 Å². The molecule has 0 radical (unpaired) electrons. The topological polar surface area (TPSA) is 30.7 Å². The summed E-state index contributed by atoms with van der Waals surface area (Å²) in [5.74, 6) is 0. The Kier molecular flexibility index (Phi) is 2.81. The molecule has 0 N–H and O–H groups in total. The van der Waals surface area contributed by atoms with Crippen LogP contribution >= 0.6 is 0 Å². The second-order valence-electron chi connectivity index (χ2n) is 4.42. The molecule has 2 aromatic heterocycles. The van der Waals surface area contributed by atoms with Crippen molar-refractivity contribution in [2.24, 2.45) is 0 Å². The van der Waals surface area contributed by atoms with Gasteiger partial charge in [-0.3, -0.25) is 9.67 Å². The lowest BCUT2D eigenvalue weighted by atomic mass is 10.1. The van der Waals surface area contributed by atoms with Gasteiger partial charge in [0.25, 0.3) is 0 Å². The van der Waals surface area contributed by atoms with Gasteiger partial charge in [0.2, 0.25) is 0 Å². The molecule has 1 aromatic carbocycles. The van der Waals surface area contributed by atoms with Gasteiger partial charge in [-0.15, -0.1) is 0 Å². The van der Waals surface area contributed by atoms with E-state index in [0.717, 1.165) is 18.5 Å². The number of rotatable bonds is 3. The Hall–Kier alpha value is -2.16. The second-order valence-corrected chi connectivity index (χ2v) is 4.42. The van der Waals surface area contributed by atoms with Crippen molar-refractivity contribution in [3.05, 3.63) is 60.0 Å². The molecule has 0 amide bonds. The number of hydrogen-bond acceptors (Lipinski definition) is 2. The van der Waals surface area contributed by atoms with Gasteiger partial charge < -0.3 is 0 Å². The van der Waals surface area contributed by atoms with Gasteiger partial charge in [0.05, 0.1) is 11.7 Å². The maximum Gasteiger partial charge on any atom is 0.0702 e. The normalized spacial score (nSPS) is 10.9. The summed E-state index contributed by atoms with van der Waals surface area (Å²) < 4.78 is 1.95. The Morgan fingerprint density at radius 2 is 2.00 bits per heavy atom. The fourth-order valence-corrected chi connectivity index (χ4v) is 2.12. The SMILES string of the molecule is CCn1cc(Cc2cnc3ccccc3c2)cn1. The van der Waals surface area contributed by atoms with Crippen LogP contribution in [0.4, 0.5) is 0 Å². The first kappa shape index (κ1) is 11.0. The third-order valence-corrected chi connectivity index (χ3v) is 3.07. The minimum atomic E-state index is 0.887. The van der Waals surface area contributed by atoms with E-state index in [1.165, 1.54) is 16.5 Å². The standard InChI is InChI=1S/C15H15N3/c1-2-18-11-13(10-17-18)7-12-8-14-5-3-4-6-15(14)16-9-12/h3-6,8-11H,2,7H2,1H3. The van der Waals surface area contributed by atoms with Crippen LogP contribution in [-0.4, -0.2) is 14.8 Å². The Morgan fingerprint density at radius 1 is 1.11 bits per heavy atom. The largest absolute Gasteiger partial charge is 0.273 e. The summed E-state index contributed by atoms with van der Waals surface area (Å²) in [5.41, 5.74) is 3.50. The van der Waals surface area contributed by atoms with Gasteiger partial charge in [-0.25, -0.2) is 0 Å². The van der Waals surface area contributed by atoms with Crippen LogP contribution in [0, 0.1) is 0 Å². The van der Waals surface area contributed by atoms with Crippen molar-refractivity contribution < 1.29 is 0 Å². The van der Waals surface area contributed by atoms with Crippen molar-refractivity contribution in [1.82, 2.24) is 14.8 Å². The number of fused-ring (bicyclic) bond motifs is 1. The average molecular weight is 237 g/mol. The maximum atomic E-state index is 4.48. The number of pyridine rings is 1. The molecule has 0 saturated heterocycles. The molecule has 0 unspecified atom stereocenters. The molecule has 3 aromatic rings. The van der Waals surface area contributed by atoms with Crippen molar-refractivity contribution in [3.63, 3.8) is 0 Å². The summed E-state index contributed by atoms with van der Waals surface area (Å²) in [6.07, 6.45) is 6.86. The molecule has 3 rings (SSSR count). The lowest BCUT2D eigenvalue weighted by Gasteiger charge is -2.01. The van der Waals surface area contributed by atoms with Crippen molar-refractivity contribution in [1.29, 1.82) is 0 Å². The molecule has 0 fully saturated rings. The number of hydrogen-bond donors (Lipinski definition) is 0. The predicted molar refractivity (Wildman–Crippen MR) is 72.5 cm³/mol. The minimum Gasteiger partial charge on any atom is -0.273 e. The summed E-state index contributed by atoms with van der Waals surface area (Å²) in [7, 11) is 0. The fourth-order valence-electron chi connectivity index (χ4n) is 2.12. The van der Waals surface area contributed by atoms with Crippen molar-refractivity contribution in [2.75, 3.05) is 0 Å². The van der Waals surface area contributed by atoms with E-state index in [1.807, 2.05) is 35.3 Å². The molecule has 3 heteroatoms. The lowest BCUT2D eigenvalue weighted by Crippen LogP contribution is -1.93. The Balaban J connectivity index is 1.90. The number of para-hydroxylation sites is 1. The first-order valence-electron chi connectivity index (χ1n) is 6.20. The third kappa shape index (κ3) is 2.12. The van der Waals surface area contributed by atoms with Gasteiger partial charge in [0.15, 0.2) is 0 Å². The van der Waals surface area contributed by atoms with Crippen LogP contribution < -0.4 is 0 Å². The quantitative estimate of drug-likeness (QED) is 0.701. The van der Waals surface area contributed by atoms with Gasteiger partial charge in [0, 0.05) is 30.7 Å². The van der Waals surface area contributed by atoms with Crippen LogP contribution in [0.1, 0.15) is 18.1 Å². The second kappa shape index (κ2) is 4.61. The molecular formula is C15H15N3. The maximum absolute atomic E-state index is 4.48. The van der Waals surface area contributed by atoms with E-state index in [9.17, 15) is 0 Å². The van der Waals surface area contributed by atoms with Gasteiger partial charge in [0.1, 0.15) is 0 Å². The van der Waals surface area contributed by atoms with E-state index in [1.54, 1.807) is 0 Å². The van der Waals surface area contributed by atoms with E-state index in [4.69, 9.17) is 0 Å². The summed E-state index contributed by atoms with van der Waals surface area (Å²) >= 11 is 0. The highest BCUT2D eigenvalue weighted by molar-refractivity contribution is 5.78. The molecule has 3 nitrogen and oxygen atoms in total. The summed E-state index contributed by atoms with van der Waals surface area (Å²) in [5, 5.41) is 5.48. The minimum absolute atomic E-state index is 0.887. The lowest BCUT2D eigenvalue weighted by molar-refractivity contribution is 0.659. The van der Waals surface area contributed by atoms with Crippen molar-refractivity contribution in [2.45, 2.75) is 19.9 Å². The van der Waals surface area contributed by atoms with E-state index in [-0.39, 0.29) is 0 Å². The highest BCUT2D eigenvalue weighted by Gasteiger charge is 2.01. The Labute approximate surface area is 106 Å². The monoisotopic (exact) mass is 237 g/mol. The first-order chi connectivity index (χ1) is 8.85. The number of nitrogens with zero attached hydrogens (tertiary/aromatic N) is 3. The molecule has 0 aliphatic rings. The Bertz CT molecular complexity index is 670. The Morgan fingerprint density at radius 3 is 2.83 bits per heavy atom. The number of aromatic nitrogens is 3. The fraction of sp³-hybridized carbons (Fsp3) is 0.200. The number of aryl methyl sites for hydroxylation is 1. The van der Waals surface area contributed by atoms with Gasteiger partial charge >= 0.3 is 0 Å². The van der Waals surface area contributed by atoms with Crippen molar-refractivity contribution in [3.8, 4) is 0 Å². The van der Waals surface area contributed by atoms with Crippen LogP contribution in [0.15, 0.2) is 48.9 Å².